The molecule has 1 aliphatic carbocycles. The number of carbonyl (C=O) groups excluding carboxylic acids is 2. The Bertz CT molecular complexity index is 907. The number of aliphatic hydroxyl groups excluding tert-OH is 1. The molecule has 6 heteroatoms. The predicted octanol–water partition coefficient (Wildman–Crippen LogP) is 2.06. The Hall–Kier alpha value is -2.73. The summed E-state index contributed by atoms with van der Waals surface area (Å²) in [5.41, 5.74) is 1.01. The summed E-state index contributed by atoms with van der Waals surface area (Å²) in [5.74, 6) is 0.557. The third-order valence-corrected chi connectivity index (χ3v) is 6.67. The van der Waals surface area contributed by atoms with E-state index >= 15 is 0 Å². The Morgan fingerprint density at radius 1 is 1.07 bits per heavy atom. The van der Waals surface area contributed by atoms with Gasteiger partial charge in [-0.2, -0.15) is 0 Å². The molecular formula is C23H25N3O3. The molecule has 3 aliphatic rings. The van der Waals surface area contributed by atoms with Gasteiger partial charge in [0.1, 0.15) is 5.69 Å². The number of carbonyl (C=O) groups is 2. The fraction of sp³-hybridized carbons (Fsp3) is 0.435. The lowest BCUT2D eigenvalue weighted by Crippen LogP contribution is -2.86. The SMILES string of the molecule is O=C(CC1CC1)N1CC2(C1)[C@H](c1ccccc1)[C@@H](CO)N2C(=O)c1ccccn1. The maximum absolute atomic E-state index is 13.3. The molecule has 1 aromatic heterocycles. The quantitative estimate of drug-likeness (QED) is 0.847. The van der Waals surface area contributed by atoms with E-state index < -0.39 is 5.54 Å². The summed E-state index contributed by atoms with van der Waals surface area (Å²) in [7, 11) is 0. The Morgan fingerprint density at radius 2 is 1.79 bits per heavy atom. The molecule has 1 aromatic carbocycles. The second kappa shape index (κ2) is 6.95. The van der Waals surface area contributed by atoms with Gasteiger partial charge in [0, 0.05) is 31.6 Å². The van der Waals surface area contributed by atoms with Gasteiger partial charge in [0.25, 0.3) is 5.91 Å². The van der Waals surface area contributed by atoms with Gasteiger partial charge in [-0.3, -0.25) is 14.6 Å². The molecule has 2 aliphatic heterocycles. The van der Waals surface area contributed by atoms with Crippen LogP contribution in [0.4, 0.5) is 0 Å². The molecule has 1 spiro atoms. The summed E-state index contributed by atoms with van der Waals surface area (Å²) in [5, 5.41) is 10.1. The minimum atomic E-state index is -0.470. The third kappa shape index (κ3) is 2.94. The molecule has 2 saturated heterocycles. The molecule has 3 fully saturated rings. The highest BCUT2D eigenvalue weighted by Gasteiger charge is 2.68. The van der Waals surface area contributed by atoms with E-state index in [4.69, 9.17) is 0 Å². The summed E-state index contributed by atoms with van der Waals surface area (Å²) >= 11 is 0. The van der Waals surface area contributed by atoms with E-state index in [0.29, 0.717) is 31.1 Å². The number of hydrogen-bond donors (Lipinski definition) is 1. The van der Waals surface area contributed by atoms with Gasteiger partial charge in [0.2, 0.25) is 5.91 Å². The zero-order valence-corrected chi connectivity index (χ0v) is 16.3. The summed E-state index contributed by atoms with van der Waals surface area (Å²) in [6.45, 7) is 0.927. The van der Waals surface area contributed by atoms with E-state index in [1.807, 2.05) is 35.2 Å². The number of hydrogen-bond acceptors (Lipinski definition) is 4. The average molecular weight is 391 g/mol. The third-order valence-electron chi connectivity index (χ3n) is 6.67. The van der Waals surface area contributed by atoms with Crippen molar-refractivity contribution in [1.29, 1.82) is 0 Å². The van der Waals surface area contributed by atoms with Gasteiger partial charge in [-0.1, -0.05) is 36.4 Å². The number of nitrogens with zero attached hydrogens (tertiary/aromatic N) is 3. The number of aromatic nitrogens is 1. The van der Waals surface area contributed by atoms with Gasteiger partial charge in [-0.25, -0.2) is 0 Å². The van der Waals surface area contributed by atoms with Gasteiger partial charge < -0.3 is 14.9 Å². The van der Waals surface area contributed by atoms with Gasteiger partial charge in [0.05, 0.1) is 18.2 Å². The van der Waals surface area contributed by atoms with Crippen molar-refractivity contribution in [3.63, 3.8) is 0 Å². The number of likely N-dealkylation sites (tertiary alicyclic amines) is 2. The minimum absolute atomic E-state index is 0.00587. The van der Waals surface area contributed by atoms with Crippen molar-refractivity contribution in [3.05, 3.63) is 66.0 Å². The van der Waals surface area contributed by atoms with Crippen LogP contribution in [0.1, 0.15) is 41.2 Å². The number of benzene rings is 1. The zero-order valence-electron chi connectivity index (χ0n) is 16.3. The van der Waals surface area contributed by atoms with Crippen molar-refractivity contribution in [2.24, 2.45) is 5.92 Å². The number of amides is 2. The summed E-state index contributed by atoms with van der Waals surface area (Å²) in [4.78, 5) is 33.8. The normalized spacial score (nSPS) is 24.7. The molecule has 29 heavy (non-hydrogen) atoms. The maximum Gasteiger partial charge on any atom is 0.273 e. The van der Waals surface area contributed by atoms with Gasteiger partial charge in [-0.05, 0) is 36.5 Å². The van der Waals surface area contributed by atoms with Crippen molar-refractivity contribution in [2.75, 3.05) is 19.7 Å². The first-order valence-electron chi connectivity index (χ1n) is 10.3. The van der Waals surface area contributed by atoms with Crippen LogP contribution in [-0.4, -0.2) is 63.0 Å². The molecule has 3 heterocycles. The molecular weight excluding hydrogens is 366 g/mol. The van der Waals surface area contributed by atoms with E-state index in [1.165, 1.54) is 0 Å². The lowest BCUT2D eigenvalue weighted by Gasteiger charge is -2.70. The number of aliphatic hydroxyl groups is 1. The Balaban J connectivity index is 1.45. The fourth-order valence-corrected chi connectivity index (χ4v) is 5.09. The highest BCUT2D eigenvalue weighted by molar-refractivity contribution is 5.95. The molecule has 0 bridgehead atoms. The van der Waals surface area contributed by atoms with Crippen LogP contribution in [0.3, 0.4) is 0 Å². The van der Waals surface area contributed by atoms with Crippen molar-refractivity contribution in [3.8, 4) is 0 Å². The van der Waals surface area contributed by atoms with Crippen LogP contribution in [-0.2, 0) is 4.79 Å². The van der Waals surface area contributed by atoms with Crippen LogP contribution < -0.4 is 0 Å². The molecule has 0 radical (unpaired) electrons. The highest BCUT2D eigenvalue weighted by Crippen LogP contribution is 2.54. The van der Waals surface area contributed by atoms with Crippen LogP contribution in [0.5, 0.6) is 0 Å². The minimum Gasteiger partial charge on any atom is -0.394 e. The second-order valence-corrected chi connectivity index (χ2v) is 8.53. The zero-order chi connectivity index (χ0) is 20.0. The van der Waals surface area contributed by atoms with E-state index in [2.05, 4.69) is 4.98 Å². The smallest absolute Gasteiger partial charge is 0.273 e. The van der Waals surface area contributed by atoms with Crippen LogP contribution in [0.25, 0.3) is 0 Å². The Labute approximate surface area is 170 Å². The molecule has 150 valence electrons. The first kappa shape index (κ1) is 18.3. The predicted molar refractivity (Wildman–Crippen MR) is 107 cm³/mol. The first-order chi connectivity index (χ1) is 14.1. The number of rotatable bonds is 5. The molecule has 6 nitrogen and oxygen atoms in total. The molecule has 2 aromatic rings. The summed E-state index contributed by atoms with van der Waals surface area (Å²) in [6.07, 6.45) is 4.51. The first-order valence-corrected chi connectivity index (χ1v) is 10.3. The van der Waals surface area contributed by atoms with Gasteiger partial charge >= 0.3 is 0 Å². The number of pyridine rings is 1. The van der Waals surface area contributed by atoms with E-state index in [0.717, 1.165) is 18.4 Å². The Kier molecular flexibility index (Phi) is 4.39. The van der Waals surface area contributed by atoms with E-state index in [9.17, 15) is 14.7 Å². The largest absolute Gasteiger partial charge is 0.394 e. The average Bonchev–Trinajstić information content (AvgIpc) is 3.52. The maximum atomic E-state index is 13.3. The molecule has 1 saturated carbocycles. The molecule has 2 amide bonds. The van der Waals surface area contributed by atoms with Crippen LogP contribution >= 0.6 is 0 Å². The van der Waals surface area contributed by atoms with E-state index in [-0.39, 0.29) is 30.4 Å². The lowest BCUT2D eigenvalue weighted by molar-refractivity contribution is -0.178. The van der Waals surface area contributed by atoms with Crippen molar-refractivity contribution < 1.29 is 14.7 Å². The lowest BCUT2D eigenvalue weighted by atomic mass is 9.60. The monoisotopic (exact) mass is 391 g/mol. The summed E-state index contributed by atoms with van der Waals surface area (Å²) in [6, 6.07) is 15.0. The van der Waals surface area contributed by atoms with E-state index in [1.54, 1.807) is 29.3 Å². The van der Waals surface area contributed by atoms with Gasteiger partial charge in [0.15, 0.2) is 0 Å². The van der Waals surface area contributed by atoms with Crippen molar-refractivity contribution in [1.82, 2.24) is 14.8 Å². The van der Waals surface area contributed by atoms with Crippen LogP contribution in [0.15, 0.2) is 54.7 Å². The summed E-state index contributed by atoms with van der Waals surface area (Å²) < 4.78 is 0. The fourth-order valence-electron chi connectivity index (χ4n) is 5.09. The second-order valence-electron chi connectivity index (χ2n) is 8.53. The molecule has 1 N–H and O–H groups in total. The molecule has 5 rings (SSSR count). The van der Waals surface area contributed by atoms with Crippen LogP contribution in [0.2, 0.25) is 0 Å². The highest BCUT2D eigenvalue weighted by atomic mass is 16.3. The Morgan fingerprint density at radius 3 is 2.41 bits per heavy atom. The van der Waals surface area contributed by atoms with Crippen LogP contribution in [0, 0.1) is 5.92 Å². The van der Waals surface area contributed by atoms with Gasteiger partial charge in [-0.15, -0.1) is 0 Å². The van der Waals surface area contributed by atoms with Crippen molar-refractivity contribution in [2.45, 2.75) is 36.8 Å². The topological polar surface area (TPSA) is 73.7 Å². The standard InChI is InChI=1S/C23H25N3O3/c27-13-19-21(17-6-2-1-3-7-17)23(14-25(15-23)20(28)12-16-9-10-16)26(19)22(29)18-8-4-5-11-24-18/h1-8,11,16,19,21,27H,9-10,12-15H2/t19-,21-/m1/s1. The molecule has 0 unspecified atom stereocenters. The van der Waals surface area contributed by atoms with Crippen molar-refractivity contribution >= 4 is 11.8 Å². The molecule has 2 atom stereocenters.